The SMILES string of the molecule is Cc1cccc(/C=N/Nc2cc(N3CCOCC3)nc(OCCc3ccc(NC(=O)CCCCC(=O)N[C@H](C(=O)N4C[C@H](O)C[C@H]4C(=O)N[C@@H](C)c4ccc(-c5scnc5C)cc4)C(C)(C)C)cc3)n2)c1. The van der Waals surface area contributed by atoms with Crippen molar-refractivity contribution in [1.29, 1.82) is 0 Å². The topological polar surface area (TPSA) is 213 Å². The Morgan fingerprint density at radius 3 is 2.37 bits per heavy atom. The van der Waals surface area contributed by atoms with E-state index in [1.807, 2.05) is 126 Å². The molecule has 71 heavy (non-hydrogen) atoms. The van der Waals surface area contributed by atoms with Crippen LogP contribution in [0.3, 0.4) is 0 Å². The first-order valence-electron chi connectivity index (χ1n) is 24.3. The molecule has 2 aromatic heterocycles. The lowest BCUT2D eigenvalue weighted by atomic mass is 9.85. The zero-order valence-corrected chi connectivity index (χ0v) is 42.3. The molecular formula is C53H66N10O7S. The molecule has 17 nitrogen and oxygen atoms in total. The summed E-state index contributed by atoms with van der Waals surface area (Å²) in [7, 11) is 0. The normalized spacial score (nSPS) is 16.9. The molecule has 5 aromatic rings. The van der Waals surface area contributed by atoms with Crippen LogP contribution < -0.4 is 31.0 Å². The van der Waals surface area contributed by atoms with Crippen molar-refractivity contribution in [1.82, 2.24) is 30.5 Å². The average molecular weight is 987 g/mol. The number of hydrazone groups is 1. The number of hydrogen-bond donors (Lipinski definition) is 5. The third-order valence-electron chi connectivity index (χ3n) is 12.4. The summed E-state index contributed by atoms with van der Waals surface area (Å²) in [6, 6.07) is 23.4. The lowest BCUT2D eigenvalue weighted by Crippen LogP contribution is -2.57. The first kappa shape index (κ1) is 52.1. The predicted octanol–water partition coefficient (Wildman–Crippen LogP) is 6.99. The number of carbonyl (C=O) groups excluding carboxylic acids is 4. The van der Waals surface area contributed by atoms with Crippen molar-refractivity contribution < 1.29 is 33.8 Å². The Hall–Kier alpha value is -6.76. The lowest BCUT2D eigenvalue weighted by molar-refractivity contribution is -0.144. The summed E-state index contributed by atoms with van der Waals surface area (Å²) < 4.78 is 11.6. The van der Waals surface area contributed by atoms with Crippen LogP contribution in [0.1, 0.15) is 93.8 Å². The minimum Gasteiger partial charge on any atom is -0.463 e. The molecule has 7 rings (SSSR count). The maximum absolute atomic E-state index is 14.1. The standard InChI is InChI=1S/C53H66N10O7S/c1-34-10-9-11-38(28-34)31-55-61-44-30-45(62-23-26-69-27-24-62)59-52(58-44)70-25-22-37-14-20-41(21-15-37)57-46(65)12-7-8-13-47(66)60-49(53(4,5)6)51(68)63-32-42(64)29-43(63)50(67)56-35(2)39-16-18-40(19-17-39)48-36(3)54-33-71-48/h9-11,14-21,28,30-31,33,35,42-43,49,64H,7-8,12-13,22-27,29,32H2,1-6H3,(H,56,67)(H,57,65)(H,60,66)(H,58,59,61)/b55-31+/t35-,42+,43-,49+/m0/s1. The van der Waals surface area contributed by atoms with Gasteiger partial charge in [0.2, 0.25) is 23.6 Å². The molecule has 5 N–H and O–H groups in total. The molecule has 0 bridgehead atoms. The van der Waals surface area contributed by atoms with Crippen molar-refractivity contribution in [2.45, 2.75) is 104 Å². The monoisotopic (exact) mass is 986 g/mol. The van der Waals surface area contributed by atoms with Crippen molar-refractivity contribution in [3.05, 3.63) is 112 Å². The van der Waals surface area contributed by atoms with Gasteiger partial charge in [0.1, 0.15) is 17.9 Å². The fourth-order valence-electron chi connectivity index (χ4n) is 8.47. The van der Waals surface area contributed by atoms with E-state index in [4.69, 9.17) is 9.47 Å². The second-order valence-corrected chi connectivity index (χ2v) is 20.1. The summed E-state index contributed by atoms with van der Waals surface area (Å²) in [6.45, 7) is 14.4. The quantitative estimate of drug-likeness (QED) is 0.0304. The number of carbonyl (C=O) groups is 4. The maximum atomic E-state index is 14.1. The van der Waals surface area contributed by atoms with E-state index in [1.165, 1.54) is 4.90 Å². The molecule has 2 aliphatic rings. The van der Waals surface area contributed by atoms with Gasteiger partial charge in [-0.25, -0.2) is 4.98 Å². The molecule has 4 heterocycles. The number of nitrogens with one attached hydrogen (secondary N) is 4. The third kappa shape index (κ3) is 14.9. The van der Waals surface area contributed by atoms with Crippen molar-refractivity contribution in [3.8, 4) is 16.5 Å². The van der Waals surface area contributed by atoms with Gasteiger partial charge >= 0.3 is 6.01 Å². The number of aryl methyl sites for hydroxylation is 2. The molecule has 4 amide bonds. The Kier molecular flexibility index (Phi) is 17.9. The molecule has 18 heteroatoms. The number of amides is 4. The Balaban J connectivity index is 0.838. The minimum atomic E-state index is -0.946. The van der Waals surface area contributed by atoms with Crippen molar-refractivity contribution >= 4 is 58.5 Å². The summed E-state index contributed by atoms with van der Waals surface area (Å²) in [5.41, 5.74) is 10.8. The van der Waals surface area contributed by atoms with Gasteiger partial charge in [-0.1, -0.05) is 87.0 Å². The van der Waals surface area contributed by atoms with Crippen LogP contribution in [0.5, 0.6) is 6.01 Å². The molecule has 0 saturated carbocycles. The van der Waals surface area contributed by atoms with Crippen LogP contribution in [0.2, 0.25) is 0 Å². The number of aliphatic hydroxyl groups excluding tert-OH is 1. The number of aliphatic hydroxyl groups is 1. The number of aromatic nitrogens is 3. The number of morpholine rings is 1. The van der Waals surface area contributed by atoms with Gasteiger partial charge in [-0.15, -0.1) is 11.3 Å². The zero-order valence-electron chi connectivity index (χ0n) is 41.4. The smallest absolute Gasteiger partial charge is 0.320 e. The second kappa shape index (κ2) is 24.4. The summed E-state index contributed by atoms with van der Waals surface area (Å²) in [5.74, 6) is -0.0770. The van der Waals surface area contributed by atoms with Gasteiger partial charge < -0.3 is 40.3 Å². The lowest BCUT2D eigenvalue weighted by Gasteiger charge is -2.35. The number of rotatable bonds is 20. The number of benzene rings is 3. The van der Waals surface area contributed by atoms with Crippen molar-refractivity contribution in [2.75, 3.05) is 55.1 Å². The van der Waals surface area contributed by atoms with Gasteiger partial charge in [0, 0.05) is 57.1 Å². The highest BCUT2D eigenvalue weighted by molar-refractivity contribution is 7.13. The van der Waals surface area contributed by atoms with E-state index in [0.29, 0.717) is 63.7 Å². The molecule has 0 aliphatic carbocycles. The summed E-state index contributed by atoms with van der Waals surface area (Å²) >= 11 is 1.57. The molecule has 2 aliphatic heterocycles. The van der Waals surface area contributed by atoms with E-state index >= 15 is 0 Å². The summed E-state index contributed by atoms with van der Waals surface area (Å²) in [6.07, 6.45) is 2.73. The Morgan fingerprint density at radius 2 is 1.68 bits per heavy atom. The number of nitrogens with zero attached hydrogens (tertiary/aromatic N) is 6. The van der Waals surface area contributed by atoms with Crippen LogP contribution in [-0.4, -0.2) is 112 Å². The molecule has 2 saturated heterocycles. The maximum Gasteiger partial charge on any atom is 0.320 e. The molecule has 0 unspecified atom stereocenters. The van der Waals surface area contributed by atoms with E-state index in [-0.39, 0.29) is 55.6 Å². The van der Waals surface area contributed by atoms with Crippen molar-refractivity contribution in [2.24, 2.45) is 10.5 Å². The number of ether oxygens (including phenoxy) is 2. The first-order valence-corrected chi connectivity index (χ1v) is 25.2. The predicted molar refractivity (Wildman–Crippen MR) is 277 cm³/mol. The van der Waals surface area contributed by atoms with Gasteiger partial charge in [0.25, 0.3) is 0 Å². The van der Waals surface area contributed by atoms with Crippen molar-refractivity contribution in [3.63, 3.8) is 0 Å². The Morgan fingerprint density at radius 1 is 0.944 bits per heavy atom. The van der Waals surface area contributed by atoms with E-state index in [9.17, 15) is 24.3 Å². The van der Waals surface area contributed by atoms with Gasteiger partial charge in [-0.3, -0.25) is 24.6 Å². The molecular weight excluding hydrogens is 921 g/mol. The fraction of sp³-hybridized carbons (Fsp3) is 0.434. The number of thiazole rings is 1. The molecule has 3 aromatic carbocycles. The molecule has 4 atom stereocenters. The third-order valence-corrected chi connectivity index (χ3v) is 13.4. The summed E-state index contributed by atoms with van der Waals surface area (Å²) in [4.78, 5) is 72.1. The highest BCUT2D eigenvalue weighted by Gasteiger charge is 2.44. The number of anilines is 3. The second-order valence-electron chi connectivity index (χ2n) is 19.2. The van der Waals surface area contributed by atoms with Gasteiger partial charge in [0.15, 0.2) is 5.82 Å². The number of likely N-dealkylation sites (tertiary alicyclic amines) is 1. The number of β-amino-alcohol motifs (C(OH)–C–C–N with tert-alkyl or cyclic N) is 1. The van der Waals surface area contributed by atoms with Crippen LogP contribution >= 0.6 is 11.3 Å². The summed E-state index contributed by atoms with van der Waals surface area (Å²) in [5, 5.41) is 23.9. The Bertz CT molecular complexity index is 2630. The highest BCUT2D eigenvalue weighted by atomic mass is 32.1. The van der Waals surface area contributed by atoms with Gasteiger partial charge in [-0.2, -0.15) is 15.1 Å². The molecule has 376 valence electrons. The Labute approximate surface area is 419 Å². The first-order chi connectivity index (χ1) is 34.1. The van der Waals surface area contributed by atoms with Crippen LogP contribution in [0.25, 0.3) is 10.4 Å². The fourth-order valence-corrected chi connectivity index (χ4v) is 9.28. The van der Waals surface area contributed by atoms with E-state index in [1.54, 1.807) is 17.6 Å². The van der Waals surface area contributed by atoms with Crippen LogP contribution in [0.4, 0.5) is 17.3 Å². The largest absolute Gasteiger partial charge is 0.463 e. The van der Waals surface area contributed by atoms with Crippen LogP contribution in [-0.2, 0) is 30.3 Å². The number of unbranched alkanes of at least 4 members (excludes halogenated alkanes) is 1. The minimum absolute atomic E-state index is 0.0188. The zero-order chi connectivity index (χ0) is 50.5. The van der Waals surface area contributed by atoms with E-state index in [2.05, 4.69) is 46.3 Å². The van der Waals surface area contributed by atoms with Crippen LogP contribution in [0.15, 0.2) is 89.5 Å². The number of hydrogen-bond acceptors (Lipinski definition) is 14. The van der Waals surface area contributed by atoms with Crippen LogP contribution in [0, 0.1) is 19.3 Å². The molecule has 0 radical (unpaired) electrons. The van der Waals surface area contributed by atoms with E-state index in [0.717, 1.165) is 44.2 Å². The van der Waals surface area contributed by atoms with Gasteiger partial charge in [0.05, 0.1) is 54.3 Å². The average Bonchev–Trinajstić information content (AvgIpc) is 3.97. The highest BCUT2D eigenvalue weighted by Crippen LogP contribution is 2.30. The molecule has 0 spiro atoms. The van der Waals surface area contributed by atoms with Gasteiger partial charge in [-0.05, 0) is 73.4 Å². The van der Waals surface area contributed by atoms with E-state index < -0.39 is 29.5 Å². The molecule has 2 fully saturated rings.